The number of hydrogen-bond donors (Lipinski definition) is 2. The van der Waals surface area contributed by atoms with Crippen LogP contribution >= 0.6 is 0 Å². The van der Waals surface area contributed by atoms with Crippen molar-refractivity contribution in [2.45, 2.75) is 25.6 Å². The van der Waals surface area contributed by atoms with Gasteiger partial charge in [0.2, 0.25) is 0 Å². The second-order valence-corrected chi connectivity index (χ2v) is 10.3. The van der Waals surface area contributed by atoms with Crippen molar-refractivity contribution in [2.24, 2.45) is 0 Å². The van der Waals surface area contributed by atoms with Crippen LogP contribution in [0.3, 0.4) is 0 Å². The number of benzene rings is 3. The summed E-state index contributed by atoms with van der Waals surface area (Å²) in [5.74, 6) is 0. The molecule has 0 radical (unpaired) electrons. The van der Waals surface area contributed by atoms with E-state index in [2.05, 4.69) is 115 Å². The Morgan fingerprint density at radius 3 is 1.83 bits per heavy atom. The fourth-order valence-electron chi connectivity index (χ4n) is 4.32. The Kier molecular flexibility index (Phi) is 10.5. The molecule has 1 aliphatic heterocycles. The first-order valence-corrected chi connectivity index (χ1v) is 13.2. The summed E-state index contributed by atoms with van der Waals surface area (Å²) in [5, 5.41) is 18.6. The first-order chi connectivity index (χ1) is 17.2. The molecule has 0 spiro atoms. The summed E-state index contributed by atoms with van der Waals surface area (Å²) < 4.78 is 1.18. The van der Waals surface area contributed by atoms with Crippen LogP contribution in [-0.4, -0.2) is 72.0 Å². The average Bonchev–Trinajstić information content (AvgIpc) is 3.19. The van der Waals surface area contributed by atoms with E-state index >= 15 is 0 Å². The van der Waals surface area contributed by atoms with Crippen LogP contribution in [0.4, 0.5) is 11.4 Å². The minimum atomic E-state index is -0.550. The molecule has 0 bridgehead atoms. The maximum absolute atomic E-state index is 9.53. The molecule has 4 rings (SSSR count). The van der Waals surface area contributed by atoms with Crippen molar-refractivity contribution in [3.05, 3.63) is 96.6 Å². The molecule has 3 aromatic carbocycles. The molecule has 2 unspecified atom stereocenters. The molecule has 0 amide bonds. The van der Waals surface area contributed by atoms with E-state index in [0.717, 1.165) is 11.3 Å². The fraction of sp³-hybridized carbons (Fsp3) is 0.296. The molecule has 1 aliphatic rings. The van der Waals surface area contributed by atoms with Crippen LogP contribution < -0.4 is 9.62 Å². The first kappa shape index (κ1) is 28.4. The second kappa shape index (κ2) is 13.4. The molecule has 36 heavy (non-hydrogen) atoms. The molecule has 3 aromatic rings. The van der Waals surface area contributed by atoms with Crippen molar-refractivity contribution in [1.29, 1.82) is 0 Å². The number of rotatable bonds is 7. The predicted octanol–water partition coefficient (Wildman–Crippen LogP) is 3.12. The monoisotopic (exact) mass is 664 g/mol. The van der Waals surface area contributed by atoms with Gasteiger partial charge in [0.25, 0.3) is 0 Å². The van der Waals surface area contributed by atoms with E-state index in [1.54, 1.807) is 6.92 Å². The number of anilines is 2. The van der Waals surface area contributed by atoms with Gasteiger partial charge in [0.05, 0.1) is 12.2 Å². The molecule has 2 atom stereocenters. The summed E-state index contributed by atoms with van der Waals surface area (Å²) >= 11 is 2.44. The van der Waals surface area contributed by atoms with E-state index < -0.39 is 12.2 Å². The third kappa shape index (κ3) is 6.96. The van der Waals surface area contributed by atoms with Crippen molar-refractivity contribution in [3.8, 4) is 0 Å². The average molecular weight is 664 g/mol. The van der Waals surface area contributed by atoms with E-state index in [1.807, 2.05) is 42.5 Å². The Labute approximate surface area is 227 Å². The van der Waals surface area contributed by atoms with Crippen molar-refractivity contribution < 1.29 is 29.6 Å². The van der Waals surface area contributed by atoms with E-state index in [4.69, 9.17) is 5.11 Å². The van der Waals surface area contributed by atoms with Crippen molar-refractivity contribution in [2.75, 3.05) is 37.8 Å². The van der Waals surface area contributed by atoms with E-state index in [0.29, 0.717) is 6.42 Å². The van der Waals surface area contributed by atoms with Gasteiger partial charge in [0.15, 0.2) is 0 Å². The number of nitrogens with zero attached hydrogens (tertiary/aromatic N) is 4. The summed E-state index contributed by atoms with van der Waals surface area (Å²) in [6.45, 7) is 2.06. The van der Waals surface area contributed by atoms with Gasteiger partial charge >= 0.3 is 157 Å². The number of aliphatic hydroxyl groups excluding tert-OH is 2. The number of hydrogen-bond acceptors (Lipinski definition) is 6. The molecule has 1 saturated heterocycles. The summed E-state index contributed by atoms with van der Waals surface area (Å²) in [6.07, 6.45) is -0.615. The Balaban J connectivity index is 0.000000253. The molecule has 6 nitrogen and oxygen atoms in total. The Morgan fingerprint density at radius 1 is 0.806 bits per heavy atom. The molecule has 0 saturated carbocycles. The van der Waals surface area contributed by atoms with Crippen LogP contribution in [0.1, 0.15) is 25.0 Å². The van der Waals surface area contributed by atoms with E-state index in [1.165, 1.54) is 9.83 Å². The number of aliphatic hydroxyl groups is 2. The van der Waals surface area contributed by atoms with Gasteiger partial charge in [-0.1, -0.05) is 30.3 Å². The SMILES string of the molecule is CC(O)CC(O)c1ccccc1.CN(C)B1B(N(C)C)N(c2ccccc2)[C](=[Pt])N1c1[c-]cccc1. The van der Waals surface area contributed by atoms with Crippen LogP contribution in [0.15, 0.2) is 84.9 Å². The third-order valence-electron chi connectivity index (χ3n) is 5.96. The van der Waals surface area contributed by atoms with Gasteiger partial charge in [-0.2, -0.15) is 0 Å². The van der Waals surface area contributed by atoms with Crippen LogP contribution in [-0.2, 0) is 19.4 Å². The Morgan fingerprint density at radius 2 is 1.33 bits per heavy atom. The normalized spacial score (nSPS) is 15.4. The summed E-state index contributed by atoms with van der Waals surface area (Å²) in [6, 6.07) is 31.5. The van der Waals surface area contributed by atoms with Gasteiger partial charge in [-0.3, -0.25) is 0 Å². The molecule has 9 heteroatoms. The van der Waals surface area contributed by atoms with E-state index in [9.17, 15) is 5.11 Å². The fourth-order valence-corrected chi connectivity index (χ4v) is 5.49. The van der Waals surface area contributed by atoms with Gasteiger partial charge in [-0.25, -0.2) is 0 Å². The summed E-state index contributed by atoms with van der Waals surface area (Å²) in [4.78, 5) is 9.30. The first-order valence-electron chi connectivity index (χ1n) is 12.1. The minimum absolute atomic E-state index is 0.186. The molecule has 1 heterocycles. The molecular weight excluding hydrogens is 629 g/mol. The van der Waals surface area contributed by atoms with Gasteiger partial charge < -0.3 is 10.2 Å². The third-order valence-corrected chi connectivity index (χ3v) is 7.05. The summed E-state index contributed by atoms with van der Waals surface area (Å²) in [5.41, 5.74) is 3.15. The standard InChI is InChI=1S/C17H21B2N4.C10H14O2.Pt/c1-20(2)18-19(21(3)4)23(17-13-9-6-10-14-17)15-22(18)16-11-7-5-8-12-16;1-8(11)7-10(12)9-5-3-2-4-6-9;/h5-13H,1-4H3;2-6,8,10-12H,7H2,1H3;/q-1;;. The van der Waals surface area contributed by atoms with Crippen molar-refractivity contribution in [3.63, 3.8) is 0 Å². The second-order valence-electron chi connectivity index (χ2n) is 9.33. The zero-order chi connectivity index (χ0) is 26.2. The van der Waals surface area contributed by atoms with Crippen LogP contribution in [0.2, 0.25) is 0 Å². The zero-order valence-electron chi connectivity index (χ0n) is 21.6. The Bertz CT molecular complexity index is 1020. The van der Waals surface area contributed by atoms with Crippen molar-refractivity contribution in [1.82, 2.24) is 9.62 Å². The van der Waals surface area contributed by atoms with Crippen molar-refractivity contribution >= 4 is 29.3 Å². The van der Waals surface area contributed by atoms with Crippen LogP contribution in [0, 0.1) is 6.07 Å². The van der Waals surface area contributed by atoms with Gasteiger partial charge in [0.1, 0.15) is 0 Å². The van der Waals surface area contributed by atoms with Gasteiger partial charge in [0, 0.05) is 6.42 Å². The molecule has 0 aliphatic carbocycles. The topological polar surface area (TPSA) is 53.4 Å². The van der Waals surface area contributed by atoms with Crippen LogP contribution in [0.25, 0.3) is 0 Å². The van der Waals surface area contributed by atoms with E-state index in [-0.39, 0.29) is 13.7 Å². The molecular formula is C27H35B2N4O2Pt-. The molecule has 1 fully saturated rings. The van der Waals surface area contributed by atoms with Crippen LogP contribution in [0.5, 0.6) is 0 Å². The molecule has 0 aromatic heterocycles. The molecule has 192 valence electrons. The quantitative estimate of drug-likeness (QED) is 0.300. The zero-order valence-corrected chi connectivity index (χ0v) is 23.9. The summed E-state index contributed by atoms with van der Waals surface area (Å²) in [7, 11) is 8.55. The number of para-hydroxylation sites is 2. The van der Waals surface area contributed by atoms with Gasteiger partial charge in [-0.15, -0.1) is 0 Å². The Hall–Kier alpha value is -2.21. The van der Waals surface area contributed by atoms with Gasteiger partial charge in [-0.05, 0) is 12.5 Å². The predicted molar refractivity (Wildman–Crippen MR) is 148 cm³/mol. The molecule has 2 N–H and O–H groups in total. The maximum atomic E-state index is 9.53.